The minimum Gasteiger partial charge on any atom is -0.382 e. The smallest absolute Gasteiger partial charge is 0.247 e. The topological polar surface area (TPSA) is 49.9 Å². The molecule has 1 heterocycles. The fourth-order valence-corrected chi connectivity index (χ4v) is 4.57. The van der Waals surface area contributed by atoms with Crippen molar-refractivity contribution in [3.05, 3.63) is 99.8 Å². The number of carbonyl (C=O) groups excluding carboxylic acids is 2. The van der Waals surface area contributed by atoms with E-state index in [2.05, 4.69) is 13.0 Å². The second-order valence-electron chi connectivity index (χ2n) is 8.32. The summed E-state index contributed by atoms with van der Waals surface area (Å²) in [5.74, 6) is -0.245. The largest absolute Gasteiger partial charge is 0.382 e. The maximum Gasteiger partial charge on any atom is 0.247 e. The summed E-state index contributed by atoms with van der Waals surface area (Å²) < 4.78 is 5.46. The van der Waals surface area contributed by atoms with E-state index in [1.165, 1.54) is 5.56 Å². The van der Waals surface area contributed by atoms with Crippen LogP contribution >= 0.6 is 11.3 Å². The predicted molar refractivity (Wildman–Crippen MR) is 143 cm³/mol. The number of nitrogens with zero attached hydrogens (tertiary/aromatic N) is 2. The quantitative estimate of drug-likeness (QED) is 0.233. The van der Waals surface area contributed by atoms with Gasteiger partial charge in [-0.3, -0.25) is 9.59 Å². The van der Waals surface area contributed by atoms with Gasteiger partial charge in [-0.15, -0.1) is 11.3 Å². The number of hydrogen-bond acceptors (Lipinski definition) is 4. The number of aryl methyl sites for hydroxylation is 1. The lowest BCUT2D eigenvalue weighted by Crippen LogP contribution is -2.42. The van der Waals surface area contributed by atoms with Crippen molar-refractivity contribution < 1.29 is 14.3 Å². The standard InChI is InChI=1S/C29H34N2O3S/c1-3-34-19-10-18-30(28(32)16-15-25-11-6-4-7-12-25)23-29(33)31(21-26-13-8-5-9-14-26)22-27-24(2)17-20-35-27/h4-9,11-17,20H,3,10,18-19,21-23H2,1-2H3. The number of hydrogen-bond donors (Lipinski definition) is 0. The van der Waals surface area contributed by atoms with Gasteiger partial charge in [-0.2, -0.15) is 0 Å². The minimum absolute atomic E-state index is 0.0291. The van der Waals surface area contributed by atoms with Gasteiger partial charge in [0.2, 0.25) is 11.8 Å². The zero-order valence-electron chi connectivity index (χ0n) is 20.6. The highest BCUT2D eigenvalue weighted by atomic mass is 32.1. The van der Waals surface area contributed by atoms with E-state index in [-0.39, 0.29) is 18.4 Å². The molecule has 3 aromatic rings. The van der Waals surface area contributed by atoms with E-state index in [0.717, 1.165) is 16.0 Å². The zero-order valence-corrected chi connectivity index (χ0v) is 21.4. The van der Waals surface area contributed by atoms with Gasteiger partial charge in [0, 0.05) is 37.3 Å². The molecule has 3 rings (SSSR count). The molecular formula is C29H34N2O3S. The first kappa shape index (κ1) is 26.4. The fourth-order valence-electron chi connectivity index (χ4n) is 3.64. The third kappa shape index (κ3) is 8.81. The van der Waals surface area contributed by atoms with Crippen LogP contribution < -0.4 is 0 Å². The Morgan fingerprint density at radius 3 is 2.31 bits per heavy atom. The minimum atomic E-state index is -0.175. The Bertz CT molecular complexity index is 1080. The Hall–Kier alpha value is -3.22. The van der Waals surface area contributed by atoms with Crippen LogP contribution in [0.25, 0.3) is 6.08 Å². The summed E-state index contributed by atoms with van der Waals surface area (Å²) >= 11 is 1.65. The lowest BCUT2D eigenvalue weighted by Gasteiger charge is -2.27. The number of carbonyl (C=O) groups is 2. The van der Waals surface area contributed by atoms with Gasteiger partial charge < -0.3 is 14.5 Å². The normalized spacial score (nSPS) is 11.0. The van der Waals surface area contributed by atoms with E-state index in [9.17, 15) is 9.59 Å². The summed E-state index contributed by atoms with van der Waals surface area (Å²) in [5.41, 5.74) is 3.19. The van der Waals surface area contributed by atoms with Gasteiger partial charge in [0.05, 0.1) is 6.54 Å². The van der Waals surface area contributed by atoms with Crippen molar-refractivity contribution >= 4 is 29.2 Å². The van der Waals surface area contributed by atoms with Crippen LogP contribution in [0.2, 0.25) is 0 Å². The average molecular weight is 491 g/mol. The van der Waals surface area contributed by atoms with E-state index in [1.807, 2.05) is 77.9 Å². The third-order valence-corrected chi connectivity index (χ3v) is 6.66. The maximum atomic E-state index is 13.5. The average Bonchev–Trinajstić information content (AvgIpc) is 3.29. The summed E-state index contributed by atoms with van der Waals surface area (Å²) in [5, 5.41) is 2.05. The first-order valence-electron chi connectivity index (χ1n) is 12.0. The van der Waals surface area contributed by atoms with Crippen LogP contribution in [0, 0.1) is 6.92 Å². The lowest BCUT2D eigenvalue weighted by molar-refractivity contribution is -0.139. The molecule has 1 aromatic heterocycles. The lowest BCUT2D eigenvalue weighted by atomic mass is 10.2. The molecule has 2 amide bonds. The number of ether oxygens (including phenoxy) is 1. The van der Waals surface area contributed by atoms with E-state index in [1.54, 1.807) is 28.4 Å². The fraction of sp³-hybridized carbons (Fsp3) is 0.310. The van der Waals surface area contributed by atoms with Gasteiger partial charge in [0.25, 0.3) is 0 Å². The first-order valence-corrected chi connectivity index (χ1v) is 12.9. The molecule has 6 heteroatoms. The molecule has 5 nitrogen and oxygen atoms in total. The number of benzene rings is 2. The Kier molecular flexibility index (Phi) is 10.7. The van der Waals surface area contributed by atoms with Gasteiger partial charge in [0.1, 0.15) is 6.54 Å². The van der Waals surface area contributed by atoms with Crippen molar-refractivity contribution in [3.63, 3.8) is 0 Å². The summed E-state index contributed by atoms with van der Waals surface area (Å²) in [4.78, 5) is 31.3. The van der Waals surface area contributed by atoms with Crippen LogP contribution in [0.15, 0.2) is 78.2 Å². The van der Waals surface area contributed by atoms with Gasteiger partial charge in [-0.05, 0) is 54.5 Å². The molecule has 0 fully saturated rings. The molecule has 0 unspecified atom stereocenters. The molecule has 0 radical (unpaired) electrons. The Labute approximate surface area is 212 Å². The molecule has 0 spiro atoms. The molecule has 184 valence electrons. The highest BCUT2D eigenvalue weighted by Crippen LogP contribution is 2.20. The monoisotopic (exact) mass is 490 g/mol. The Morgan fingerprint density at radius 1 is 0.943 bits per heavy atom. The highest BCUT2D eigenvalue weighted by Gasteiger charge is 2.21. The summed E-state index contributed by atoms with van der Waals surface area (Å²) in [6, 6.07) is 21.7. The van der Waals surface area contributed by atoms with Crippen LogP contribution in [-0.2, 0) is 27.4 Å². The summed E-state index contributed by atoms with van der Waals surface area (Å²) in [6.45, 7) is 6.71. The number of thiophene rings is 1. The SMILES string of the molecule is CCOCCCN(CC(=O)N(Cc1ccccc1)Cc1sccc1C)C(=O)C=Cc1ccccc1. The third-order valence-electron chi connectivity index (χ3n) is 5.65. The summed E-state index contributed by atoms with van der Waals surface area (Å²) in [7, 11) is 0. The number of rotatable bonds is 13. The van der Waals surface area contributed by atoms with Crippen LogP contribution in [-0.4, -0.2) is 47.9 Å². The predicted octanol–water partition coefficient (Wildman–Crippen LogP) is 5.55. The molecule has 0 aliphatic heterocycles. The van der Waals surface area contributed by atoms with Crippen molar-refractivity contribution in [1.29, 1.82) is 0 Å². The van der Waals surface area contributed by atoms with E-state index < -0.39 is 0 Å². The molecular weight excluding hydrogens is 456 g/mol. The van der Waals surface area contributed by atoms with Crippen molar-refractivity contribution in [1.82, 2.24) is 9.80 Å². The van der Waals surface area contributed by atoms with Gasteiger partial charge >= 0.3 is 0 Å². The van der Waals surface area contributed by atoms with Crippen molar-refractivity contribution in [2.24, 2.45) is 0 Å². The van der Waals surface area contributed by atoms with Gasteiger partial charge in [-0.1, -0.05) is 60.7 Å². The second kappa shape index (κ2) is 14.2. The molecule has 0 aliphatic carbocycles. The van der Waals surface area contributed by atoms with Crippen LogP contribution in [0.3, 0.4) is 0 Å². The molecule has 0 atom stereocenters. The van der Waals surface area contributed by atoms with Gasteiger partial charge in [0.15, 0.2) is 0 Å². The molecule has 0 saturated carbocycles. The number of amides is 2. The molecule has 0 aliphatic rings. The molecule has 0 N–H and O–H groups in total. The Morgan fingerprint density at radius 2 is 1.66 bits per heavy atom. The summed E-state index contributed by atoms with van der Waals surface area (Å²) in [6.07, 6.45) is 4.02. The van der Waals surface area contributed by atoms with Crippen LogP contribution in [0.4, 0.5) is 0 Å². The van der Waals surface area contributed by atoms with E-state index in [0.29, 0.717) is 39.3 Å². The van der Waals surface area contributed by atoms with Crippen LogP contribution in [0.1, 0.15) is 34.9 Å². The van der Waals surface area contributed by atoms with Gasteiger partial charge in [-0.25, -0.2) is 0 Å². The van der Waals surface area contributed by atoms with Crippen LogP contribution in [0.5, 0.6) is 0 Å². The first-order chi connectivity index (χ1) is 17.1. The zero-order chi connectivity index (χ0) is 24.9. The molecule has 2 aromatic carbocycles. The van der Waals surface area contributed by atoms with Crippen molar-refractivity contribution in [2.75, 3.05) is 26.3 Å². The van der Waals surface area contributed by atoms with E-state index in [4.69, 9.17) is 4.74 Å². The molecule has 35 heavy (non-hydrogen) atoms. The second-order valence-corrected chi connectivity index (χ2v) is 9.32. The maximum absolute atomic E-state index is 13.5. The molecule has 0 saturated heterocycles. The molecule has 0 bridgehead atoms. The van der Waals surface area contributed by atoms with Crippen molar-refractivity contribution in [3.8, 4) is 0 Å². The highest BCUT2D eigenvalue weighted by molar-refractivity contribution is 7.10. The van der Waals surface area contributed by atoms with Crippen molar-refractivity contribution in [2.45, 2.75) is 33.4 Å². The van der Waals surface area contributed by atoms with E-state index >= 15 is 0 Å². The Balaban J connectivity index is 1.75.